The number of benzene rings is 2. The third-order valence-electron chi connectivity index (χ3n) is 6.14. The van der Waals surface area contributed by atoms with Crippen LogP contribution in [-0.2, 0) is 14.8 Å². The van der Waals surface area contributed by atoms with Crippen molar-refractivity contribution in [1.82, 2.24) is 9.21 Å². The minimum Gasteiger partial charge on any atom is -0.497 e. The van der Waals surface area contributed by atoms with Crippen LogP contribution in [-0.4, -0.2) is 69.9 Å². The predicted octanol–water partition coefficient (Wildman–Crippen LogP) is 2.44. The second-order valence-corrected chi connectivity index (χ2v) is 9.96. The minimum atomic E-state index is -3.63. The van der Waals surface area contributed by atoms with Crippen LogP contribution >= 0.6 is 0 Å². The van der Waals surface area contributed by atoms with E-state index in [4.69, 9.17) is 4.74 Å². The van der Waals surface area contributed by atoms with E-state index < -0.39 is 10.0 Å². The average Bonchev–Trinajstić information content (AvgIpc) is 2.84. The lowest BCUT2D eigenvalue weighted by molar-refractivity contribution is -0.137. The van der Waals surface area contributed by atoms with Gasteiger partial charge < -0.3 is 14.5 Å². The van der Waals surface area contributed by atoms with Gasteiger partial charge in [0.15, 0.2) is 0 Å². The molecule has 0 aliphatic carbocycles. The van der Waals surface area contributed by atoms with E-state index in [0.717, 1.165) is 19.5 Å². The Morgan fingerprint density at radius 3 is 2.26 bits per heavy atom. The van der Waals surface area contributed by atoms with Crippen LogP contribution in [0.1, 0.15) is 12.8 Å². The average molecular weight is 444 g/mol. The predicted molar refractivity (Wildman–Crippen MR) is 120 cm³/mol. The van der Waals surface area contributed by atoms with Crippen LogP contribution in [0.4, 0.5) is 5.69 Å². The normalized spacial score (nSPS) is 20.5. The number of methoxy groups -OCH3 is 1. The molecule has 0 aromatic heterocycles. The number of piperazine rings is 1. The van der Waals surface area contributed by atoms with Crippen molar-refractivity contribution in [3.8, 4) is 5.75 Å². The summed E-state index contributed by atoms with van der Waals surface area (Å²) in [6.07, 6.45) is 1.42. The molecule has 4 rings (SSSR count). The van der Waals surface area contributed by atoms with Gasteiger partial charge in [-0.25, -0.2) is 8.42 Å². The van der Waals surface area contributed by atoms with E-state index in [1.807, 2.05) is 23.1 Å². The molecule has 2 aromatic rings. The van der Waals surface area contributed by atoms with Crippen molar-refractivity contribution in [2.75, 3.05) is 51.3 Å². The van der Waals surface area contributed by atoms with Crippen LogP contribution in [0.25, 0.3) is 0 Å². The number of sulfonamides is 1. The topological polar surface area (TPSA) is 70.2 Å². The molecule has 2 fully saturated rings. The largest absolute Gasteiger partial charge is 0.497 e. The third kappa shape index (κ3) is 4.70. The van der Waals surface area contributed by atoms with Crippen molar-refractivity contribution in [2.24, 2.45) is 5.92 Å². The molecule has 2 saturated heterocycles. The molecule has 0 saturated carbocycles. The Morgan fingerprint density at radius 2 is 1.61 bits per heavy atom. The molecule has 2 aliphatic rings. The number of para-hydroxylation sites is 1. The summed E-state index contributed by atoms with van der Waals surface area (Å²) < 4.78 is 32.7. The van der Waals surface area contributed by atoms with Crippen LogP contribution in [0.2, 0.25) is 0 Å². The number of carbonyl (C=O) groups excluding carboxylic acids is 1. The van der Waals surface area contributed by atoms with Crippen molar-refractivity contribution >= 4 is 21.6 Å². The summed E-state index contributed by atoms with van der Waals surface area (Å²) >= 11 is 0. The van der Waals surface area contributed by atoms with Gasteiger partial charge in [0.2, 0.25) is 15.9 Å². The number of hydrogen-bond acceptors (Lipinski definition) is 5. The first-order valence-electron chi connectivity index (χ1n) is 10.7. The summed E-state index contributed by atoms with van der Waals surface area (Å²) in [5.41, 5.74) is 1.17. The van der Waals surface area contributed by atoms with Crippen LogP contribution in [0.5, 0.6) is 5.75 Å². The fourth-order valence-corrected chi connectivity index (χ4v) is 5.86. The van der Waals surface area contributed by atoms with Crippen molar-refractivity contribution in [1.29, 1.82) is 0 Å². The molecule has 1 amide bonds. The summed E-state index contributed by atoms with van der Waals surface area (Å²) in [6, 6.07) is 16.6. The number of amides is 1. The Hall–Kier alpha value is -2.58. The van der Waals surface area contributed by atoms with Gasteiger partial charge >= 0.3 is 0 Å². The maximum Gasteiger partial charge on any atom is 0.243 e. The Bertz CT molecular complexity index is 987. The quantitative estimate of drug-likeness (QED) is 0.710. The fraction of sp³-hybridized carbons (Fsp3) is 0.435. The number of anilines is 1. The summed E-state index contributed by atoms with van der Waals surface area (Å²) in [5.74, 6) is 0.396. The van der Waals surface area contributed by atoms with Gasteiger partial charge in [0, 0.05) is 45.0 Å². The molecule has 0 bridgehead atoms. The van der Waals surface area contributed by atoms with Crippen LogP contribution < -0.4 is 9.64 Å². The highest BCUT2D eigenvalue weighted by Crippen LogP contribution is 2.27. The van der Waals surface area contributed by atoms with Gasteiger partial charge in [-0.1, -0.05) is 18.2 Å². The summed E-state index contributed by atoms with van der Waals surface area (Å²) in [5, 5.41) is 0. The molecule has 1 atom stereocenters. The number of hydrogen-bond donors (Lipinski definition) is 0. The Labute approximate surface area is 184 Å². The minimum absolute atomic E-state index is 0.0716. The van der Waals surface area contributed by atoms with E-state index in [1.165, 1.54) is 9.99 Å². The van der Waals surface area contributed by atoms with E-state index in [1.54, 1.807) is 31.4 Å². The van der Waals surface area contributed by atoms with Gasteiger partial charge in [-0.2, -0.15) is 4.31 Å². The molecular weight excluding hydrogens is 414 g/mol. The molecule has 0 N–H and O–H groups in total. The molecule has 2 aliphatic heterocycles. The van der Waals surface area contributed by atoms with E-state index in [2.05, 4.69) is 17.0 Å². The Balaban J connectivity index is 1.38. The fourth-order valence-electron chi connectivity index (χ4n) is 4.34. The second-order valence-electron chi connectivity index (χ2n) is 8.03. The summed E-state index contributed by atoms with van der Waals surface area (Å²) in [4.78, 5) is 17.6. The number of rotatable bonds is 5. The maximum atomic E-state index is 13.2. The van der Waals surface area contributed by atoms with Crippen molar-refractivity contribution in [3.05, 3.63) is 54.6 Å². The maximum absolute atomic E-state index is 13.2. The lowest BCUT2D eigenvalue weighted by Gasteiger charge is -2.39. The highest BCUT2D eigenvalue weighted by Gasteiger charge is 2.35. The SMILES string of the molecule is COc1ccc(S(=O)(=O)N2CCC[C@@H](C(=O)N3CCN(c4ccccc4)CC3)C2)cc1. The van der Waals surface area contributed by atoms with Gasteiger partial charge in [-0.05, 0) is 49.2 Å². The van der Waals surface area contributed by atoms with Gasteiger partial charge in [0.05, 0.1) is 17.9 Å². The number of ether oxygens (including phenoxy) is 1. The van der Waals surface area contributed by atoms with Crippen molar-refractivity contribution in [3.63, 3.8) is 0 Å². The summed E-state index contributed by atoms with van der Waals surface area (Å²) in [6.45, 7) is 3.59. The molecule has 2 aromatic carbocycles. The first-order chi connectivity index (χ1) is 15.0. The van der Waals surface area contributed by atoms with Crippen LogP contribution in [0.15, 0.2) is 59.5 Å². The van der Waals surface area contributed by atoms with Crippen LogP contribution in [0.3, 0.4) is 0 Å². The molecule has 0 unspecified atom stereocenters. The third-order valence-corrected chi connectivity index (χ3v) is 8.02. The smallest absolute Gasteiger partial charge is 0.243 e. The highest BCUT2D eigenvalue weighted by molar-refractivity contribution is 7.89. The van der Waals surface area contributed by atoms with Gasteiger partial charge in [0.25, 0.3) is 0 Å². The van der Waals surface area contributed by atoms with E-state index in [0.29, 0.717) is 31.8 Å². The van der Waals surface area contributed by atoms with Gasteiger partial charge in [-0.15, -0.1) is 0 Å². The molecule has 0 radical (unpaired) electrons. The molecular formula is C23H29N3O4S. The zero-order valence-electron chi connectivity index (χ0n) is 17.8. The van der Waals surface area contributed by atoms with E-state index in [9.17, 15) is 13.2 Å². The lowest BCUT2D eigenvalue weighted by atomic mass is 9.97. The zero-order chi connectivity index (χ0) is 21.8. The molecule has 8 heteroatoms. The van der Waals surface area contributed by atoms with E-state index in [-0.39, 0.29) is 23.3 Å². The first-order valence-corrected chi connectivity index (χ1v) is 12.2. The second kappa shape index (κ2) is 9.28. The van der Waals surface area contributed by atoms with Crippen molar-refractivity contribution in [2.45, 2.75) is 17.7 Å². The Morgan fingerprint density at radius 1 is 0.935 bits per heavy atom. The standard InChI is InChI=1S/C23H29N3O4S/c1-30-21-9-11-22(12-10-21)31(28,29)26-13-5-6-19(18-26)23(27)25-16-14-24(15-17-25)20-7-3-2-4-8-20/h2-4,7-12,19H,5-6,13-18H2,1H3/t19-/m1/s1. The molecule has 31 heavy (non-hydrogen) atoms. The highest BCUT2D eigenvalue weighted by atomic mass is 32.2. The van der Waals surface area contributed by atoms with Crippen molar-refractivity contribution < 1.29 is 17.9 Å². The molecule has 2 heterocycles. The number of carbonyl (C=O) groups is 1. The molecule has 166 valence electrons. The number of nitrogens with zero attached hydrogens (tertiary/aromatic N) is 3. The monoisotopic (exact) mass is 443 g/mol. The summed E-state index contributed by atoms with van der Waals surface area (Å²) in [7, 11) is -2.08. The molecule has 7 nitrogen and oxygen atoms in total. The van der Waals surface area contributed by atoms with Gasteiger partial charge in [0.1, 0.15) is 5.75 Å². The Kier molecular flexibility index (Phi) is 6.48. The van der Waals surface area contributed by atoms with Gasteiger partial charge in [-0.3, -0.25) is 4.79 Å². The van der Waals surface area contributed by atoms with E-state index >= 15 is 0 Å². The lowest BCUT2D eigenvalue weighted by Crippen LogP contribution is -2.53. The van der Waals surface area contributed by atoms with Crippen LogP contribution in [0, 0.1) is 5.92 Å². The first kappa shape index (κ1) is 21.6. The number of piperidine rings is 1. The zero-order valence-corrected chi connectivity index (χ0v) is 18.6. The molecule has 0 spiro atoms.